The van der Waals surface area contributed by atoms with Gasteiger partial charge in [0.15, 0.2) is 4.34 Å². The molecule has 1 unspecified atom stereocenters. The van der Waals surface area contributed by atoms with Gasteiger partial charge in [-0.05, 0) is 39.3 Å². The summed E-state index contributed by atoms with van der Waals surface area (Å²) < 4.78 is 0.674. The molecule has 1 aromatic carbocycles. The summed E-state index contributed by atoms with van der Waals surface area (Å²) in [7, 11) is 0. The number of amides is 3. The number of benzene rings is 1. The fourth-order valence-electron chi connectivity index (χ4n) is 2.01. The van der Waals surface area contributed by atoms with Crippen LogP contribution < -0.4 is 16.0 Å². The van der Waals surface area contributed by atoms with Crippen molar-refractivity contribution in [3.05, 3.63) is 29.3 Å². The van der Waals surface area contributed by atoms with Gasteiger partial charge >= 0.3 is 6.03 Å². The Balaban J connectivity index is 1.87. The molecule has 9 heteroatoms. The number of carbonyl (C=O) groups is 2. The van der Waals surface area contributed by atoms with E-state index >= 15 is 0 Å². The zero-order chi connectivity index (χ0) is 18.4. The van der Waals surface area contributed by atoms with Crippen LogP contribution in [0.5, 0.6) is 0 Å². The van der Waals surface area contributed by atoms with Crippen LogP contribution in [0.1, 0.15) is 25.0 Å². The number of hydrogen-bond acceptors (Lipinski definition) is 7. The second-order valence-corrected chi connectivity index (χ2v) is 7.99. The monoisotopic (exact) mass is 379 g/mol. The van der Waals surface area contributed by atoms with Gasteiger partial charge in [0.1, 0.15) is 0 Å². The number of nitrogens with one attached hydrogen (secondary N) is 3. The van der Waals surface area contributed by atoms with E-state index in [9.17, 15) is 9.59 Å². The van der Waals surface area contributed by atoms with Crippen LogP contribution in [0.4, 0.5) is 15.6 Å². The number of carbonyl (C=O) groups excluding carboxylic acids is 2. The summed E-state index contributed by atoms with van der Waals surface area (Å²) in [5.74, 6) is -0.382. The molecule has 0 saturated carbocycles. The van der Waals surface area contributed by atoms with E-state index in [1.165, 1.54) is 23.1 Å². The second kappa shape index (κ2) is 8.82. The van der Waals surface area contributed by atoms with Crippen LogP contribution in [0.2, 0.25) is 0 Å². The average Bonchev–Trinajstić information content (AvgIpc) is 2.97. The van der Waals surface area contributed by atoms with Gasteiger partial charge in [-0.25, -0.2) is 4.79 Å². The van der Waals surface area contributed by atoms with Gasteiger partial charge < -0.3 is 10.6 Å². The highest BCUT2D eigenvalue weighted by atomic mass is 32.2. The molecule has 0 radical (unpaired) electrons. The highest BCUT2D eigenvalue weighted by Gasteiger charge is 2.19. The molecule has 3 amide bonds. The van der Waals surface area contributed by atoms with Crippen molar-refractivity contribution >= 4 is 45.9 Å². The maximum atomic E-state index is 12.2. The van der Waals surface area contributed by atoms with Gasteiger partial charge in [-0.3, -0.25) is 10.1 Å². The third-order valence-corrected chi connectivity index (χ3v) is 5.31. The number of aryl methyl sites for hydroxylation is 2. The third-order valence-electron chi connectivity index (χ3n) is 3.25. The highest BCUT2D eigenvalue weighted by molar-refractivity contribution is 8.02. The number of urea groups is 1. The molecule has 3 N–H and O–H groups in total. The van der Waals surface area contributed by atoms with E-state index in [1.54, 1.807) is 6.92 Å². The normalized spacial score (nSPS) is 11.7. The topological polar surface area (TPSA) is 96.0 Å². The van der Waals surface area contributed by atoms with E-state index in [0.717, 1.165) is 17.7 Å². The maximum absolute atomic E-state index is 12.2. The lowest BCUT2D eigenvalue weighted by atomic mass is 10.1. The summed E-state index contributed by atoms with van der Waals surface area (Å²) >= 11 is 2.64. The molecule has 0 aliphatic rings. The van der Waals surface area contributed by atoms with E-state index in [0.29, 0.717) is 15.2 Å². The fourth-order valence-corrected chi connectivity index (χ4v) is 3.97. The number of anilines is 2. The Bertz CT molecular complexity index is 763. The number of imide groups is 1. The van der Waals surface area contributed by atoms with Gasteiger partial charge in [0.05, 0.1) is 5.25 Å². The number of hydrogen-bond donors (Lipinski definition) is 3. The van der Waals surface area contributed by atoms with Crippen molar-refractivity contribution in [3.63, 3.8) is 0 Å². The van der Waals surface area contributed by atoms with Gasteiger partial charge in [0.25, 0.3) is 0 Å². The molecule has 0 bridgehead atoms. The first-order chi connectivity index (χ1) is 11.9. The van der Waals surface area contributed by atoms with Gasteiger partial charge in [-0.15, -0.1) is 10.2 Å². The van der Waals surface area contributed by atoms with E-state index in [1.807, 2.05) is 39.0 Å². The van der Waals surface area contributed by atoms with Crippen LogP contribution in [0.25, 0.3) is 0 Å². The Labute approximate surface area is 155 Å². The molecule has 2 rings (SSSR count). The number of aromatic nitrogens is 2. The van der Waals surface area contributed by atoms with Crippen molar-refractivity contribution in [2.24, 2.45) is 0 Å². The van der Waals surface area contributed by atoms with Crippen LogP contribution in [0.15, 0.2) is 22.5 Å². The van der Waals surface area contributed by atoms with Crippen LogP contribution in [0, 0.1) is 13.8 Å². The van der Waals surface area contributed by atoms with E-state index < -0.39 is 11.3 Å². The minimum Gasteiger partial charge on any atom is -0.360 e. The predicted octanol–water partition coefficient (Wildman–Crippen LogP) is 3.42. The minimum atomic E-state index is -0.546. The second-order valence-electron chi connectivity index (χ2n) is 5.43. The lowest BCUT2D eigenvalue weighted by Crippen LogP contribution is -2.39. The lowest BCUT2D eigenvalue weighted by molar-refractivity contribution is -0.119. The number of thioether (sulfide) groups is 1. The smallest absolute Gasteiger partial charge is 0.325 e. The quantitative estimate of drug-likeness (QED) is 0.666. The molecule has 0 spiro atoms. The first-order valence-electron chi connectivity index (χ1n) is 7.82. The Kier molecular flexibility index (Phi) is 6.77. The molecule has 134 valence electrons. The Morgan fingerprint density at radius 1 is 1.28 bits per heavy atom. The summed E-state index contributed by atoms with van der Waals surface area (Å²) in [5, 5.41) is 16.3. The highest BCUT2D eigenvalue weighted by Crippen LogP contribution is 2.28. The molecule has 2 aromatic rings. The molecule has 1 heterocycles. The van der Waals surface area contributed by atoms with Crippen molar-refractivity contribution in [1.29, 1.82) is 0 Å². The largest absolute Gasteiger partial charge is 0.360 e. The van der Waals surface area contributed by atoms with E-state index in [-0.39, 0.29) is 5.91 Å². The van der Waals surface area contributed by atoms with Gasteiger partial charge in [-0.2, -0.15) is 0 Å². The summed E-state index contributed by atoms with van der Waals surface area (Å²) in [6.45, 7) is 8.33. The van der Waals surface area contributed by atoms with Crippen LogP contribution in [-0.4, -0.2) is 33.9 Å². The fraction of sp³-hybridized carbons (Fsp3) is 0.375. The molecule has 7 nitrogen and oxygen atoms in total. The van der Waals surface area contributed by atoms with Crippen molar-refractivity contribution in [2.45, 2.75) is 37.3 Å². The zero-order valence-corrected chi connectivity index (χ0v) is 16.2. The Morgan fingerprint density at radius 3 is 2.72 bits per heavy atom. The summed E-state index contributed by atoms with van der Waals surface area (Å²) in [6.07, 6.45) is 0. The molecular formula is C16H21N5O2S2. The molecule has 1 aromatic heterocycles. The maximum Gasteiger partial charge on any atom is 0.325 e. The van der Waals surface area contributed by atoms with E-state index in [2.05, 4.69) is 26.1 Å². The standard InChI is InChI=1S/C16H21N5O2S2/c1-5-17-15-20-21-16(25-15)24-11(4)13(22)19-14(23)18-12-7-6-9(2)8-10(12)3/h6-8,11H,5H2,1-4H3,(H,17,20)(H2,18,19,22,23). The van der Waals surface area contributed by atoms with E-state index in [4.69, 9.17) is 0 Å². The molecule has 0 aliphatic heterocycles. The Hall–Kier alpha value is -2.13. The number of rotatable bonds is 6. The average molecular weight is 380 g/mol. The van der Waals surface area contributed by atoms with Crippen molar-refractivity contribution < 1.29 is 9.59 Å². The zero-order valence-electron chi connectivity index (χ0n) is 14.5. The van der Waals surface area contributed by atoms with Crippen molar-refractivity contribution in [3.8, 4) is 0 Å². The minimum absolute atomic E-state index is 0.382. The molecule has 25 heavy (non-hydrogen) atoms. The predicted molar refractivity (Wildman–Crippen MR) is 102 cm³/mol. The third kappa shape index (κ3) is 5.71. The van der Waals surface area contributed by atoms with Crippen molar-refractivity contribution in [1.82, 2.24) is 15.5 Å². The lowest BCUT2D eigenvalue weighted by Gasteiger charge is -2.12. The number of nitrogens with zero attached hydrogens (tertiary/aromatic N) is 2. The molecule has 0 fully saturated rings. The molecule has 1 atom stereocenters. The van der Waals surface area contributed by atoms with Gasteiger partial charge in [0, 0.05) is 12.2 Å². The first kappa shape index (κ1) is 19.2. The van der Waals surface area contributed by atoms with Crippen LogP contribution >= 0.6 is 23.1 Å². The summed E-state index contributed by atoms with van der Waals surface area (Å²) in [5.41, 5.74) is 2.73. The molecule has 0 aliphatic carbocycles. The van der Waals surface area contributed by atoms with Crippen LogP contribution in [-0.2, 0) is 4.79 Å². The summed E-state index contributed by atoms with van der Waals surface area (Å²) in [4.78, 5) is 24.2. The summed E-state index contributed by atoms with van der Waals surface area (Å²) in [6, 6.07) is 5.14. The SMILES string of the molecule is CCNc1nnc(SC(C)C(=O)NC(=O)Nc2ccc(C)cc2C)s1. The van der Waals surface area contributed by atoms with Crippen LogP contribution in [0.3, 0.4) is 0 Å². The van der Waals surface area contributed by atoms with Gasteiger partial charge in [0.2, 0.25) is 11.0 Å². The molecular weight excluding hydrogens is 358 g/mol. The van der Waals surface area contributed by atoms with Gasteiger partial charge in [-0.1, -0.05) is 40.8 Å². The molecule has 0 saturated heterocycles. The Morgan fingerprint density at radius 2 is 2.04 bits per heavy atom. The first-order valence-corrected chi connectivity index (χ1v) is 9.51. The van der Waals surface area contributed by atoms with Crippen molar-refractivity contribution in [2.75, 3.05) is 17.2 Å².